The summed E-state index contributed by atoms with van der Waals surface area (Å²) in [6, 6.07) is 8.49. The van der Waals surface area contributed by atoms with Crippen molar-refractivity contribution in [2.45, 2.75) is 52.0 Å². The van der Waals surface area contributed by atoms with Gasteiger partial charge in [0.25, 0.3) is 0 Å². The molecule has 27 heavy (non-hydrogen) atoms. The number of nitrogens with zero attached hydrogens (tertiary/aromatic N) is 2. The highest BCUT2D eigenvalue weighted by Crippen LogP contribution is 2.25. The fourth-order valence-electron chi connectivity index (χ4n) is 3.94. The van der Waals surface area contributed by atoms with Crippen molar-refractivity contribution >= 4 is 12.0 Å². The number of nitrogens with one attached hydrogen (secondary N) is 1. The number of likely N-dealkylation sites (N-methyl/N-ethyl adjacent to an activating group) is 1. The van der Waals surface area contributed by atoms with Crippen LogP contribution in [0.15, 0.2) is 24.3 Å². The van der Waals surface area contributed by atoms with Crippen LogP contribution in [0.1, 0.15) is 44.7 Å². The molecule has 0 aliphatic carbocycles. The van der Waals surface area contributed by atoms with Crippen molar-refractivity contribution < 1.29 is 14.7 Å². The Balaban J connectivity index is 1.86. The largest absolute Gasteiger partial charge is 0.480 e. The number of rotatable bonds is 7. The molecule has 2 amide bonds. The third-order valence-corrected chi connectivity index (χ3v) is 5.57. The lowest BCUT2D eigenvalue weighted by Crippen LogP contribution is -2.51. The van der Waals surface area contributed by atoms with E-state index < -0.39 is 5.97 Å². The molecule has 2 rings (SSSR count). The van der Waals surface area contributed by atoms with Gasteiger partial charge in [0, 0.05) is 31.1 Å². The molecule has 1 aliphatic rings. The summed E-state index contributed by atoms with van der Waals surface area (Å²) in [5.74, 6) is -0.796. The van der Waals surface area contributed by atoms with E-state index in [2.05, 4.69) is 38.2 Å². The summed E-state index contributed by atoms with van der Waals surface area (Å²) in [7, 11) is 0. The zero-order valence-corrected chi connectivity index (χ0v) is 17.0. The molecule has 0 spiro atoms. The molecule has 0 atom stereocenters. The van der Waals surface area contributed by atoms with E-state index >= 15 is 0 Å². The van der Waals surface area contributed by atoms with E-state index in [0.29, 0.717) is 26.2 Å². The average Bonchev–Trinajstić information content (AvgIpc) is 2.64. The Morgan fingerprint density at radius 3 is 2.44 bits per heavy atom. The number of piperidine rings is 1. The predicted octanol–water partition coefficient (Wildman–Crippen LogP) is 2.85. The minimum Gasteiger partial charge on any atom is -0.480 e. The number of aliphatic carboxylic acids is 1. The molecule has 150 valence electrons. The first kappa shape index (κ1) is 21.2. The Hall–Kier alpha value is -2.08. The van der Waals surface area contributed by atoms with Crippen LogP contribution in [-0.2, 0) is 10.2 Å². The number of urea groups is 1. The molecule has 1 aliphatic heterocycles. The molecule has 1 aromatic carbocycles. The lowest BCUT2D eigenvalue weighted by atomic mass is 9.82. The van der Waals surface area contributed by atoms with Gasteiger partial charge in [-0.2, -0.15) is 0 Å². The standard InChI is InChI=1S/C21H33N3O3/c1-5-23(14-19(25)26)17-10-12-24(13-11-17)20(27)22-15-21(3,4)18-9-7-6-8-16(18)2/h6-9,17H,5,10-15H2,1-4H3,(H,22,27)(H,25,26). The summed E-state index contributed by atoms with van der Waals surface area (Å²) in [6.45, 7) is 11.1. The summed E-state index contributed by atoms with van der Waals surface area (Å²) in [5.41, 5.74) is 2.34. The number of carbonyl (C=O) groups excluding carboxylic acids is 1. The van der Waals surface area contributed by atoms with Gasteiger partial charge in [-0.15, -0.1) is 0 Å². The van der Waals surface area contributed by atoms with Crippen molar-refractivity contribution in [3.63, 3.8) is 0 Å². The van der Waals surface area contributed by atoms with Gasteiger partial charge in [-0.3, -0.25) is 9.69 Å². The van der Waals surface area contributed by atoms with Gasteiger partial charge in [-0.25, -0.2) is 4.79 Å². The van der Waals surface area contributed by atoms with Crippen LogP contribution in [0, 0.1) is 6.92 Å². The van der Waals surface area contributed by atoms with E-state index in [1.54, 1.807) is 0 Å². The van der Waals surface area contributed by atoms with Crippen LogP contribution in [0.25, 0.3) is 0 Å². The second-order valence-electron chi connectivity index (χ2n) is 8.03. The maximum Gasteiger partial charge on any atom is 0.317 e. The molecule has 0 saturated carbocycles. The number of benzene rings is 1. The maximum atomic E-state index is 12.6. The van der Waals surface area contributed by atoms with E-state index in [9.17, 15) is 9.59 Å². The van der Waals surface area contributed by atoms with Crippen LogP contribution in [0.3, 0.4) is 0 Å². The van der Waals surface area contributed by atoms with Gasteiger partial charge in [0.15, 0.2) is 0 Å². The van der Waals surface area contributed by atoms with Gasteiger partial charge in [0.1, 0.15) is 0 Å². The normalized spacial score (nSPS) is 15.8. The van der Waals surface area contributed by atoms with Crippen molar-refractivity contribution in [2.75, 3.05) is 32.7 Å². The fraction of sp³-hybridized carbons (Fsp3) is 0.619. The second-order valence-corrected chi connectivity index (χ2v) is 8.03. The molecule has 0 unspecified atom stereocenters. The van der Waals surface area contributed by atoms with E-state index in [4.69, 9.17) is 5.11 Å². The number of hydrogen-bond acceptors (Lipinski definition) is 3. The minimum atomic E-state index is -0.796. The lowest BCUT2D eigenvalue weighted by Gasteiger charge is -2.38. The Bertz CT molecular complexity index is 652. The second kappa shape index (κ2) is 9.22. The topological polar surface area (TPSA) is 72.9 Å². The highest BCUT2D eigenvalue weighted by molar-refractivity contribution is 5.74. The number of hydrogen-bond donors (Lipinski definition) is 2. The smallest absolute Gasteiger partial charge is 0.317 e. The van der Waals surface area contributed by atoms with Crippen LogP contribution in [0.2, 0.25) is 0 Å². The highest BCUT2D eigenvalue weighted by Gasteiger charge is 2.29. The maximum absolute atomic E-state index is 12.6. The van der Waals surface area contributed by atoms with Crippen molar-refractivity contribution in [1.29, 1.82) is 0 Å². The van der Waals surface area contributed by atoms with Crippen molar-refractivity contribution in [3.05, 3.63) is 35.4 Å². The monoisotopic (exact) mass is 375 g/mol. The molecule has 6 nitrogen and oxygen atoms in total. The molecule has 2 N–H and O–H groups in total. The van der Waals surface area contributed by atoms with E-state index in [0.717, 1.165) is 12.8 Å². The molecule has 1 saturated heterocycles. The van der Waals surface area contributed by atoms with E-state index in [1.165, 1.54) is 11.1 Å². The first-order valence-corrected chi connectivity index (χ1v) is 9.79. The Morgan fingerprint density at radius 1 is 1.26 bits per heavy atom. The summed E-state index contributed by atoms with van der Waals surface area (Å²) in [5, 5.41) is 12.1. The lowest BCUT2D eigenvalue weighted by molar-refractivity contribution is -0.139. The van der Waals surface area contributed by atoms with Crippen LogP contribution < -0.4 is 5.32 Å². The van der Waals surface area contributed by atoms with Gasteiger partial charge >= 0.3 is 12.0 Å². The van der Waals surface area contributed by atoms with E-state index in [1.807, 2.05) is 28.9 Å². The van der Waals surface area contributed by atoms with Crippen LogP contribution in [-0.4, -0.2) is 65.7 Å². The molecule has 0 radical (unpaired) electrons. The van der Waals surface area contributed by atoms with Gasteiger partial charge in [-0.05, 0) is 37.4 Å². The Morgan fingerprint density at radius 2 is 1.89 bits per heavy atom. The zero-order valence-electron chi connectivity index (χ0n) is 17.0. The van der Waals surface area contributed by atoms with Gasteiger partial charge in [-0.1, -0.05) is 45.0 Å². The summed E-state index contributed by atoms with van der Waals surface area (Å²) < 4.78 is 0. The Labute approximate surface area is 162 Å². The predicted molar refractivity (Wildman–Crippen MR) is 107 cm³/mol. The number of carbonyl (C=O) groups is 2. The van der Waals surface area contributed by atoms with Crippen LogP contribution in [0.4, 0.5) is 4.79 Å². The molecule has 1 fully saturated rings. The molecule has 0 aromatic heterocycles. The van der Waals surface area contributed by atoms with Gasteiger partial charge < -0.3 is 15.3 Å². The number of amides is 2. The number of carboxylic acids is 1. The third-order valence-electron chi connectivity index (χ3n) is 5.57. The summed E-state index contributed by atoms with van der Waals surface area (Å²) in [4.78, 5) is 27.4. The van der Waals surface area contributed by atoms with E-state index in [-0.39, 0.29) is 24.0 Å². The molecule has 6 heteroatoms. The summed E-state index contributed by atoms with van der Waals surface area (Å²) >= 11 is 0. The van der Waals surface area contributed by atoms with Crippen molar-refractivity contribution in [2.24, 2.45) is 0 Å². The SMILES string of the molecule is CCN(CC(=O)O)C1CCN(C(=O)NCC(C)(C)c2ccccc2C)CC1. The number of aryl methyl sites for hydroxylation is 1. The number of likely N-dealkylation sites (tertiary alicyclic amines) is 1. The van der Waals surface area contributed by atoms with Crippen molar-refractivity contribution in [3.8, 4) is 0 Å². The molecular weight excluding hydrogens is 342 g/mol. The fourth-order valence-corrected chi connectivity index (χ4v) is 3.94. The first-order valence-electron chi connectivity index (χ1n) is 9.79. The zero-order chi connectivity index (χ0) is 20.0. The third kappa shape index (κ3) is 5.70. The molecule has 0 bridgehead atoms. The first-order chi connectivity index (χ1) is 12.7. The van der Waals surface area contributed by atoms with Crippen LogP contribution in [0.5, 0.6) is 0 Å². The summed E-state index contributed by atoms with van der Waals surface area (Å²) in [6.07, 6.45) is 1.63. The number of carboxylic acid groups (broad SMARTS) is 1. The molecular formula is C21H33N3O3. The average molecular weight is 376 g/mol. The van der Waals surface area contributed by atoms with Gasteiger partial charge in [0.05, 0.1) is 6.54 Å². The minimum absolute atomic E-state index is 0.0311. The van der Waals surface area contributed by atoms with Gasteiger partial charge in [0.2, 0.25) is 0 Å². The van der Waals surface area contributed by atoms with Crippen LogP contribution >= 0.6 is 0 Å². The Kier molecular flexibility index (Phi) is 7.25. The highest BCUT2D eigenvalue weighted by atomic mass is 16.4. The molecule has 1 aromatic rings. The van der Waals surface area contributed by atoms with Crippen molar-refractivity contribution in [1.82, 2.24) is 15.1 Å². The molecule has 1 heterocycles. The quantitative estimate of drug-likeness (QED) is 0.769.